The molecular weight excluding hydrogens is 488 g/mol. The first-order valence-corrected chi connectivity index (χ1v) is 9.82. The molecule has 15 heteroatoms. The molecule has 0 amide bonds. The van der Waals surface area contributed by atoms with Crippen molar-refractivity contribution in [1.29, 1.82) is 0 Å². The summed E-state index contributed by atoms with van der Waals surface area (Å²) in [4.78, 5) is 24.7. The molecular formula is C20H23F6N5O4. The normalized spacial score (nSPS) is 11.5. The summed E-state index contributed by atoms with van der Waals surface area (Å²) in [5.74, 6) is -5.51. The number of alkyl halides is 6. The molecule has 0 aliphatic carbocycles. The second-order valence-corrected chi connectivity index (χ2v) is 7.19. The fourth-order valence-electron chi connectivity index (χ4n) is 2.55. The predicted molar refractivity (Wildman–Crippen MR) is 111 cm³/mol. The fraction of sp³-hybridized carbons (Fsp3) is 0.400. The second-order valence-electron chi connectivity index (χ2n) is 7.19. The van der Waals surface area contributed by atoms with Crippen molar-refractivity contribution >= 4 is 17.6 Å². The van der Waals surface area contributed by atoms with Crippen molar-refractivity contribution in [3.8, 4) is 0 Å². The number of nitrogens with zero attached hydrogens (tertiary/aromatic N) is 4. The Morgan fingerprint density at radius 2 is 1.63 bits per heavy atom. The number of halogens is 6. The molecule has 3 heterocycles. The van der Waals surface area contributed by atoms with Crippen molar-refractivity contribution in [2.45, 2.75) is 38.7 Å². The first-order valence-electron chi connectivity index (χ1n) is 9.82. The summed E-state index contributed by atoms with van der Waals surface area (Å²) in [6.45, 7) is 3.95. The van der Waals surface area contributed by atoms with Crippen LogP contribution in [0.2, 0.25) is 0 Å². The zero-order valence-electron chi connectivity index (χ0n) is 18.6. The monoisotopic (exact) mass is 511 g/mol. The van der Waals surface area contributed by atoms with Gasteiger partial charge in [-0.2, -0.15) is 31.4 Å². The van der Waals surface area contributed by atoms with Crippen molar-refractivity contribution < 1.29 is 46.1 Å². The Bertz CT molecular complexity index is 1040. The first-order chi connectivity index (χ1) is 16.1. The summed E-state index contributed by atoms with van der Waals surface area (Å²) < 4.78 is 65.5. The van der Waals surface area contributed by atoms with Gasteiger partial charge in [-0.1, -0.05) is 6.07 Å². The molecule has 0 spiro atoms. The van der Waals surface area contributed by atoms with Gasteiger partial charge >= 0.3 is 24.3 Å². The quantitative estimate of drug-likeness (QED) is 0.431. The zero-order valence-corrected chi connectivity index (χ0v) is 18.6. The van der Waals surface area contributed by atoms with E-state index < -0.39 is 24.3 Å². The molecule has 3 aromatic rings. The molecule has 3 N–H and O–H groups in total. The Hall–Kier alpha value is -3.62. The minimum Gasteiger partial charge on any atom is -0.475 e. The van der Waals surface area contributed by atoms with E-state index in [1.165, 1.54) is 0 Å². The van der Waals surface area contributed by atoms with Crippen LogP contribution < -0.4 is 0 Å². The molecule has 0 unspecified atom stereocenters. The van der Waals surface area contributed by atoms with Crippen molar-refractivity contribution in [1.82, 2.24) is 24.5 Å². The van der Waals surface area contributed by atoms with Crippen molar-refractivity contribution in [3.05, 3.63) is 53.7 Å². The highest BCUT2D eigenvalue weighted by Gasteiger charge is 2.38. The number of aromatic amines is 1. The molecule has 35 heavy (non-hydrogen) atoms. The van der Waals surface area contributed by atoms with E-state index >= 15 is 0 Å². The van der Waals surface area contributed by atoms with Crippen molar-refractivity contribution in [2.75, 3.05) is 13.6 Å². The number of pyridine rings is 1. The van der Waals surface area contributed by atoms with Crippen LogP contribution >= 0.6 is 0 Å². The Kier molecular flexibility index (Phi) is 10.7. The van der Waals surface area contributed by atoms with Crippen LogP contribution in [0, 0.1) is 6.92 Å². The number of imidazole rings is 1. The molecule has 3 aromatic heterocycles. The van der Waals surface area contributed by atoms with E-state index in [1.54, 1.807) is 0 Å². The SMILES string of the molecule is Cc1cc(CN(C)CCCc2cn3ccccc3n2)n[nH]1.O=C(O)C(F)(F)F.O=C(O)C(F)(F)F. The number of carboxylic acids is 2. The van der Waals surface area contributed by atoms with E-state index in [-0.39, 0.29) is 0 Å². The third-order valence-corrected chi connectivity index (χ3v) is 4.06. The van der Waals surface area contributed by atoms with Gasteiger partial charge in [-0.3, -0.25) is 5.10 Å². The highest BCUT2D eigenvalue weighted by atomic mass is 19.4. The summed E-state index contributed by atoms with van der Waals surface area (Å²) in [6, 6.07) is 8.18. The van der Waals surface area contributed by atoms with Gasteiger partial charge in [-0.15, -0.1) is 0 Å². The number of hydrogen-bond acceptors (Lipinski definition) is 5. The van der Waals surface area contributed by atoms with Crippen LogP contribution in [-0.4, -0.2) is 72.6 Å². The number of hydrogen-bond donors (Lipinski definition) is 3. The average Bonchev–Trinajstić information content (AvgIpc) is 3.32. The molecule has 3 rings (SSSR count). The molecule has 9 nitrogen and oxygen atoms in total. The summed E-state index contributed by atoms with van der Waals surface area (Å²) in [5, 5.41) is 21.5. The number of carboxylic acid groups (broad SMARTS) is 2. The van der Waals surface area contributed by atoms with E-state index in [4.69, 9.17) is 19.8 Å². The van der Waals surface area contributed by atoms with E-state index in [1.807, 2.05) is 31.3 Å². The number of aromatic nitrogens is 4. The number of nitrogens with one attached hydrogen (secondary N) is 1. The van der Waals surface area contributed by atoms with Gasteiger partial charge in [0.2, 0.25) is 0 Å². The second kappa shape index (κ2) is 12.7. The Balaban J connectivity index is 0.000000362. The number of aryl methyl sites for hydroxylation is 2. The molecule has 0 radical (unpaired) electrons. The van der Waals surface area contributed by atoms with Gasteiger partial charge in [0.05, 0.1) is 11.4 Å². The van der Waals surface area contributed by atoms with Crippen LogP contribution in [0.1, 0.15) is 23.5 Å². The smallest absolute Gasteiger partial charge is 0.475 e. The maximum Gasteiger partial charge on any atom is 0.490 e. The number of aliphatic carboxylic acids is 2. The fourth-order valence-corrected chi connectivity index (χ4v) is 2.55. The third-order valence-electron chi connectivity index (χ3n) is 4.06. The van der Waals surface area contributed by atoms with Crippen LogP contribution in [0.3, 0.4) is 0 Å². The zero-order chi connectivity index (χ0) is 26.8. The average molecular weight is 511 g/mol. The van der Waals surface area contributed by atoms with Crippen molar-refractivity contribution in [2.24, 2.45) is 0 Å². The largest absolute Gasteiger partial charge is 0.490 e. The molecule has 0 aromatic carbocycles. The lowest BCUT2D eigenvalue weighted by atomic mass is 10.2. The topological polar surface area (TPSA) is 124 Å². The molecule has 194 valence electrons. The molecule has 0 atom stereocenters. The molecule has 0 saturated heterocycles. The predicted octanol–water partition coefficient (Wildman–Crippen LogP) is 3.70. The molecule has 0 aliphatic heterocycles. The third kappa shape index (κ3) is 11.4. The van der Waals surface area contributed by atoms with Gasteiger partial charge in [-0.05, 0) is 51.6 Å². The molecule has 0 saturated carbocycles. The highest BCUT2D eigenvalue weighted by molar-refractivity contribution is 5.73. The van der Waals surface area contributed by atoms with Gasteiger partial charge in [0, 0.05) is 24.6 Å². The Labute approximate surface area is 195 Å². The van der Waals surface area contributed by atoms with Crippen LogP contribution in [0.5, 0.6) is 0 Å². The maximum absolute atomic E-state index is 10.6. The van der Waals surface area contributed by atoms with Gasteiger partial charge in [-0.25, -0.2) is 14.6 Å². The lowest BCUT2D eigenvalue weighted by molar-refractivity contribution is -0.193. The van der Waals surface area contributed by atoms with Gasteiger partial charge in [0.1, 0.15) is 5.65 Å². The van der Waals surface area contributed by atoms with Crippen molar-refractivity contribution in [3.63, 3.8) is 0 Å². The lowest BCUT2D eigenvalue weighted by Crippen LogP contribution is -2.21. The van der Waals surface area contributed by atoms with Gasteiger partial charge < -0.3 is 19.5 Å². The molecule has 0 bridgehead atoms. The first kappa shape index (κ1) is 29.4. The van der Waals surface area contributed by atoms with Crippen LogP contribution in [0.4, 0.5) is 26.3 Å². The summed E-state index contributed by atoms with van der Waals surface area (Å²) in [7, 11) is 2.13. The summed E-state index contributed by atoms with van der Waals surface area (Å²) in [6.07, 6.45) is -3.90. The van der Waals surface area contributed by atoms with Crippen LogP contribution in [0.15, 0.2) is 36.7 Å². The Morgan fingerprint density at radius 3 is 2.09 bits per heavy atom. The number of H-pyrrole nitrogens is 1. The Morgan fingerprint density at radius 1 is 1.06 bits per heavy atom. The number of carbonyl (C=O) groups is 2. The summed E-state index contributed by atoms with van der Waals surface area (Å²) >= 11 is 0. The number of fused-ring (bicyclic) bond motifs is 1. The highest BCUT2D eigenvalue weighted by Crippen LogP contribution is 2.13. The number of rotatable bonds is 6. The van der Waals surface area contributed by atoms with E-state index in [0.717, 1.165) is 48.7 Å². The lowest BCUT2D eigenvalue weighted by Gasteiger charge is -2.14. The minimum atomic E-state index is -5.08. The van der Waals surface area contributed by atoms with Gasteiger partial charge in [0.25, 0.3) is 0 Å². The van der Waals surface area contributed by atoms with E-state index in [2.05, 4.69) is 43.8 Å². The van der Waals surface area contributed by atoms with Crippen LogP contribution in [-0.2, 0) is 22.6 Å². The maximum atomic E-state index is 10.6. The van der Waals surface area contributed by atoms with E-state index in [9.17, 15) is 26.3 Å². The standard InChI is InChI=1S/C16H21N5.2C2HF3O2/c1-13-10-15(19-18-13)11-20(2)8-5-6-14-12-21-9-4-3-7-16(21)17-14;2*3-2(4,5)1(6)7/h3-4,7,9-10,12H,5-6,8,11H2,1-2H3,(H,18,19);2*(H,6,7). The summed E-state index contributed by atoms with van der Waals surface area (Å²) in [5.41, 5.74) is 4.39. The minimum absolute atomic E-state index is 0.884. The molecule has 0 fully saturated rings. The molecule has 0 aliphatic rings. The van der Waals surface area contributed by atoms with Crippen LogP contribution in [0.25, 0.3) is 5.65 Å². The van der Waals surface area contributed by atoms with E-state index in [0.29, 0.717) is 0 Å². The van der Waals surface area contributed by atoms with Gasteiger partial charge in [0.15, 0.2) is 0 Å².